The van der Waals surface area contributed by atoms with Gasteiger partial charge in [-0.1, -0.05) is 0 Å². The van der Waals surface area contributed by atoms with Crippen LogP contribution in [0.25, 0.3) is 0 Å². The number of carbonyl (C=O) groups is 1. The van der Waals surface area contributed by atoms with Gasteiger partial charge < -0.3 is 14.9 Å². The van der Waals surface area contributed by atoms with Crippen LogP contribution >= 0.6 is 0 Å². The lowest BCUT2D eigenvalue weighted by Crippen LogP contribution is -2.03. The Labute approximate surface area is 97.2 Å². The molecule has 1 aromatic rings. The molecular formula is C11H12FNO4. The molecule has 0 aliphatic heterocycles. The third-order valence-corrected chi connectivity index (χ3v) is 1.97. The van der Waals surface area contributed by atoms with Gasteiger partial charge in [0, 0.05) is 11.8 Å². The molecule has 2 N–H and O–H groups in total. The molecule has 0 spiro atoms. The van der Waals surface area contributed by atoms with Crippen LogP contribution in [0.5, 0.6) is 5.75 Å². The van der Waals surface area contributed by atoms with E-state index in [1.165, 1.54) is 19.4 Å². The Bertz CT molecular complexity index is 445. The lowest BCUT2D eigenvalue weighted by molar-refractivity contribution is 0.0600. The van der Waals surface area contributed by atoms with E-state index in [0.717, 1.165) is 6.07 Å². The number of carbonyl (C=O) groups excluding carboxylic acids is 1. The van der Waals surface area contributed by atoms with E-state index >= 15 is 0 Å². The molecule has 6 heteroatoms. The molecule has 17 heavy (non-hydrogen) atoms. The summed E-state index contributed by atoms with van der Waals surface area (Å²) in [6.07, 6.45) is 1.18. The van der Waals surface area contributed by atoms with Crippen LogP contribution in [0, 0.1) is 5.82 Å². The molecule has 0 heterocycles. The van der Waals surface area contributed by atoms with Crippen molar-refractivity contribution in [1.82, 2.24) is 0 Å². The second-order valence-corrected chi connectivity index (χ2v) is 3.15. The smallest absolute Gasteiger partial charge is 0.337 e. The number of phenols is 1. The van der Waals surface area contributed by atoms with Gasteiger partial charge in [0.05, 0.1) is 25.8 Å². The summed E-state index contributed by atoms with van der Waals surface area (Å²) in [6.45, 7) is -0.0278. The number of rotatable bonds is 4. The summed E-state index contributed by atoms with van der Waals surface area (Å²) in [5.74, 6) is -2.24. The molecule has 5 nitrogen and oxygen atoms in total. The molecule has 0 aliphatic rings. The number of benzene rings is 1. The van der Waals surface area contributed by atoms with E-state index in [2.05, 4.69) is 9.73 Å². The Balaban J connectivity index is 3.11. The minimum Gasteiger partial charge on any atom is -0.504 e. The number of phenolic OH excluding ortho intramolecular Hbond substituents is 1. The van der Waals surface area contributed by atoms with Gasteiger partial charge in [0.1, 0.15) is 0 Å². The van der Waals surface area contributed by atoms with Crippen LogP contribution < -0.4 is 0 Å². The van der Waals surface area contributed by atoms with Crippen LogP contribution in [0.15, 0.2) is 17.1 Å². The predicted octanol–water partition coefficient (Wildman–Crippen LogP) is 0.729. The van der Waals surface area contributed by atoms with Gasteiger partial charge in [0.15, 0.2) is 11.6 Å². The van der Waals surface area contributed by atoms with Crippen LogP contribution in [-0.4, -0.2) is 42.7 Å². The normalized spacial score (nSPS) is 10.8. The summed E-state index contributed by atoms with van der Waals surface area (Å²) in [4.78, 5) is 14.9. The van der Waals surface area contributed by atoms with Crippen molar-refractivity contribution in [3.8, 4) is 5.75 Å². The molecule has 0 saturated carbocycles. The van der Waals surface area contributed by atoms with Crippen molar-refractivity contribution in [3.05, 3.63) is 29.1 Å². The number of nitrogens with zero attached hydrogens (tertiary/aromatic N) is 1. The molecule has 0 fully saturated rings. The molecule has 0 radical (unpaired) electrons. The average molecular weight is 241 g/mol. The summed E-state index contributed by atoms with van der Waals surface area (Å²) in [7, 11) is 1.17. The molecule has 1 aromatic carbocycles. The molecule has 0 amide bonds. The summed E-state index contributed by atoms with van der Waals surface area (Å²) in [6, 6.07) is 2.13. The first-order valence-electron chi connectivity index (χ1n) is 4.81. The lowest BCUT2D eigenvalue weighted by Gasteiger charge is -2.04. The third-order valence-electron chi connectivity index (χ3n) is 1.97. The number of aliphatic hydroxyl groups excluding tert-OH is 1. The quantitative estimate of drug-likeness (QED) is 0.601. The first-order valence-corrected chi connectivity index (χ1v) is 4.81. The van der Waals surface area contributed by atoms with Crippen LogP contribution in [-0.2, 0) is 4.74 Å². The molecule has 0 aromatic heterocycles. The minimum absolute atomic E-state index is 0.0201. The van der Waals surface area contributed by atoms with Gasteiger partial charge in [-0.25, -0.2) is 9.18 Å². The number of aliphatic hydroxyl groups is 1. The highest BCUT2D eigenvalue weighted by molar-refractivity contribution is 5.93. The second kappa shape index (κ2) is 5.95. The van der Waals surface area contributed by atoms with Gasteiger partial charge >= 0.3 is 5.97 Å². The molecule has 0 saturated heterocycles. The van der Waals surface area contributed by atoms with Crippen molar-refractivity contribution in [2.24, 2.45) is 4.99 Å². The predicted molar refractivity (Wildman–Crippen MR) is 59.0 cm³/mol. The Morgan fingerprint density at radius 1 is 1.59 bits per heavy atom. The molecule has 1 rings (SSSR count). The first kappa shape index (κ1) is 13.1. The zero-order chi connectivity index (χ0) is 12.8. The molecule has 92 valence electrons. The SMILES string of the molecule is COC(=O)c1cc(F)c(O)c(/C=N/CCO)c1. The minimum atomic E-state index is -0.932. The fourth-order valence-corrected chi connectivity index (χ4v) is 1.18. The summed E-state index contributed by atoms with van der Waals surface area (Å²) < 4.78 is 17.7. The number of methoxy groups -OCH3 is 1. The van der Waals surface area contributed by atoms with E-state index in [-0.39, 0.29) is 24.3 Å². The molecular weight excluding hydrogens is 229 g/mol. The van der Waals surface area contributed by atoms with Crippen molar-refractivity contribution in [2.75, 3.05) is 20.3 Å². The number of ether oxygens (including phenoxy) is 1. The largest absolute Gasteiger partial charge is 0.504 e. The Morgan fingerprint density at radius 3 is 2.88 bits per heavy atom. The Morgan fingerprint density at radius 2 is 2.29 bits per heavy atom. The Kier molecular flexibility index (Phi) is 4.59. The Hall–Kier alpha value is -1.95. The highest BCUT2D eigenvalue weighted by Gasteiger charge is 2.13. The highest BCUT2D eigenvalue weighted by atomic mass is 19.1. The van der Waals surface area contributed by atoms with Gasteiger partial charge in [-0.15, -0.1) is 0 Å². The summed E-state index contributed by atoms with van der Waals surface area (Å²) in [5, 5.41) is 17.9. The van der Waals surface area contributed by atoms with Gasteiger partial charge in [-0.05, 0) is 12.1 Å². The maximum absolute atomic E-state index is 13.3. The highest BCUT2D eigenvalue weighted by Crippen LogP contribution is 2.22. The molecule has 0 unspecified atom stereocenters. The first-order chi connectivity index (χ1) is 8.10. The fraction of sp³-hybridized carbons (Fsp3) is 0.273. The monoisotopic (exact) mass is 241 g/mol. The van der Waals surface area contributed by atoms with Crippen molar-refractivity contribution < 1.29 is 24.1 Å². The zero-order valence-corrected chi connectivity index (χ0v) is 9.18. The van der Waals surface area contributed by atoms with Crippen LogP contribution in [0.3, 0.4) is 0 Å². The van der Waals surface area contributed by atoms with Crippen molar-refractivity contribution in [3.63, 3.8) is 0 Å². The van der Waals surface area contributed by atoms with Gasteiger partial charge in [-0.2, -0.15) is 0 Å². The zero-order valence-electron chi connectivity index (χ0n) is 9.18. The number of hydrogen-bond acceptors (Lipinski definition) is 5. The summed E-state index contributed by atoms with van der Waals surface area (Å²) >= 11 is 0. The maximum Gasteiger partial charge on any atom is 0.337 e. The van der Waals surface area contributed by atoms with E-state index in [9.17, 15) is 14.3 Å². The van der Waals surface area contributed by atoms with Gasteiger partial charge in [-0.3, -0.25) is 4.99 Å². The van der Waals surface area contributed by atoms with E-state index in [1.807, 2.05) is 0 Å². The number of esters is 1. The number of halogens is 1. The number of aromatic hydroxyl groups is 1. The topological polar surface area (TPSA) is 79.1 Å². The van der Waals surface area contributed by atoms with Gasteiger partial charge in [0.25, 0.3) is 0 Å². The van der Waals surface area contributed by atoms with E-state index in [4.69, 9.17) is 5.11 Å². The third kappa shape index (κ3) is 3.25. The van der Waals surface area contributed by atoms with E-state index in [0.29, 0.717) is 0 Å². The van der Waals surface area contributed by atoms with E-state index < -0.39 is 17.5 Å². The van der Waals surface area contributed by atoms with Crippen LogP contribution in [0.1, 0.15) is 15.9 Å². The van der Waals surface area contributed by atoms with Gasteiger partial charge in [0.2, 0.25) is 0 Å². The average Bonchev–Trinajstić information content (AvgIpc) is 2.33. The van der Waals surface area contributed by atoms with Crippen LogP contribution in [0.2, 0.25) is 0 Å². The van der Waals surface area contributed by atoms with Crippen LogP contribution in [0.4, 0.5) is 4.39 Å². The second-order valence-electron chi connectivity index (χ2n) is 3.15. The summed E-state index contributed by atoms with van der Waals surface area (Å²) in [5.41, 5.74) is 0.0344. The van der Waals surface area contributed by atoms with Crippen molar-refractivity contribution in [1.29, 1.82) is 0 Å². The molecule has 0 aliphatic carbocycles. The molecule has 0 atom stereocenters. The van der Waals surface area contributed by atoms with Crippen molar-refractivity contribution >= 4 is 12.2 Å². The standard InChI is InChI=1S/C11H12FNO4/c1-17-11(16)7-4-8(6-13-2-3-14)10(15)9(12)5-7/h4-6,14-15H,2-3H2,1H3/b13-6+. The number of aliphatic imine (C=N–C) groups is 1. The van der Waals surface area contributed by atoms with Crippen molar-refractivity contribution in [2.45, 2.75) is 0 Å². The molecule has 0 bridgehead atoms. The lowest BCUT2D eigenvalue weighted by atomic mass is 10.1. The fourth-order valence-electron chi connectivity index (χ4n) is 1.18. The maximum atomic E-state index is 13.3. The number of hydrogen-bond donors (Lipinski definition) is 2. The van der Waals surface area contributed by atoms with E-state index in [1.54, 1.807) is 0 Å².